The highest BCUT2D eigenvalue weighted by atomic mass is 16.7. The number of carbonyl (C=O) groups excluding carboxylic acids is 2. The molecule has 5 aliphatic rings. The summed E-state index contributed by atoms with van der Waals surface area (Å²) in [5.41, 5.74) is 3.35. The first-order valence-electron chi connectivity index (χ1n) is 15.7. The van der Waals surface area contributed by atoms with E-state index in [4.69, 9.17) is 18.9 Å². The maximum atomic E-state index is 12.5. The minimum Gasteiger partial charge on any atom is -0.462 e. The van der Waals surface area contributed by atoms with E-state index in [1.54, 1.807) is 14.0 Å². The van der Waals surface area contributed by atoms with E-state index < -0.39 is 0 Å². The van der Waals surface area contributed by atoms with E-state index in [-0.39, 0.29) is 64.1 Å². The molecule has 228 valence electrons. The first kappa shape index (κ1) is 30.5. The number of rotatable bonds is 5. The Hall–Kier alpha value is -1.92. The van der Waals surface area contributed by atoms with Gasteiger partial charge in [-0.2, -0.15) is 0 Å². The standard InChI is InChI=1S/C35H52O6/c1-20-11-13-27(41-31(20)38-10)21(2)26-19-30(40-23(4)37)35(9)25-12-14-28-32(5,6)29(39-22(3)36)16-17-33(28,7)24(25)15-18-34(26,35)8/h11-12,15,21,26-31H,13-14,16-19H2,1-10H3. The smallest absolute Gasteiger partial charge is 0.302 e. The summed E-state index contributed by atoms with van der Waals surface area (Å²) in [5.74, 6) is 0.530. The molecule has 0 aromatic rings. The van der Waals surface area contributed by atoms with Crippen LogP contribution in [-0.4, -0.2) is 43.7 Å². The van der Waals surface area contributed by atoms with Gasteiger partial charge >= 0.3 is 11.9 Å². The average molecular weight is 569 g/mol. The van der Waals surface area contributed by atoms with Gasteiger partial charge in [-0.25, -0.2) is 0 Å². The molecule has 2 fully saturated rings. The Morgan fingerprint density at radius 3 is 2.24 bits per heavy atom. The van der Waals surface area contributed by atoms with Gasteiger partial charge in [0.05, 0.1) is 6.10 Å². The van der Waals surface area contributed by atoms with Crippen molar-refractivity contribution in [2.24, 2.45) is 39.4 Å². The molecule has 0 aromatic carbocycles. The Morgan fingerprint density at radius 2 is 1.61 bits per heavy atom. The molecule has 6 nitrogen and oxygen atoms in total. The fourth-order valence-corrected chi connectivity index (χ4v) is 10.2. The van der Waals surface area contributed by atoms with Gasteiger partial charge in [-0.1, -0.05) is 59.8 Å². The molecule has 0 N–H and O–H groups in total. The normalized spacial score (nSPS) is 43.8. The van der Waals surface area contributed by atoms with Crippen molar-refractivity contribution >= 4 is 11.9 Å². The number of esters is 2. The second kappa shape index (κ2) is 10.4. The maximum absolute atomic E-state index is 12.5. The van der Waals surface area contributed by atoms with Crippen molar-refractivity contribution in [1.29, 1.82) is 0 Å². The first-order valence-corrected chi connectivity index (χ1v) is 15.7. The van der Waals surface area contributed by atoms with Gasteiger partial charge in [-0.3, -0.25) is 9.59 Å². The summed E-state index contributed by atoms with van der Waals surface area (Å²) in [6, 6.07) is 0. The molecule has 41 heavy (non-hydrogen) atoms. The zero-order chi connectivity index (χ0) is 30.1. The molecule has 0 saturated heterocycles. The largest absolute Gasteiger partial charge is 0.462 e. The predicted molar refractivity (Wildman–Crippen MR) is 159 cm³/mol. The van der Waals surface area contributed by atoms with Crippen LogP contribution in [0.3, 0.4) is 0 Å². The van der Waals surface area contributed by atoms with E-state index in [0.717, 1.165) is 44.1 Å². The SMILES string of the molecule is COC1OC(C(C)C2CC(OC(C)=O)C3(C)C4=CCC5C(C)(CCC(OC(C)=O)C5(C)C)C4=CCC23C)CC=C1C. The number of hydrogen-bond donors (Lipinski definition) is 0. The van der Waals surface area contributed by atoms with Crippen molar-refractivity contribution in [2.75, 3.05) is 7.11 Å². The lowest BCUT2D eigenvalue weighted by Crippen LogP contribution is -2.56. The lowest BCUT2D eigenvalue weighted by atomic mass is 9.44. The van der Waals surface area contributed by atoms with Gasteiger partial charge in [-0.05, 0) is 90.8 Å². The zero-order valence-electron chi connectivity index (χ0n) is 27.0. The molecular weight excluding hydrogens is 516 g/mol. The second-order valence-corrected chi connectivity index (χ2v) is 14.9. The summed E-state index contributed by atoms with van der Waals surface area (Å²) >= 11 is 0. The monoisotopic (exact) mass is 568 g/mol. The third kappa shape index (κ3) is 4.49. The fourth-order valence-electron chi connectivity index (χ4n) is 10.2. The maximum Gasteiger partial charge on any atom is 0.302 e. The van der Waals surface area contributed by atoms with E-state index >= 15 is 0 Å². The van der Waals surface area contributed by atoms with Gasteiger partial charge in [0.15, 0.2) is 6.29 Å². The molecule has 10 unspecified atom stereocenters. The van der Waals surface area contributed by atoms with Crippen molar-refractivity contribution in [3.8, 4) is 0 Å². The lowest BCUT2D eigenvalue weighted by Gasteiger charge is -2.61. The third-order valence-corrected chi connectivity index (χ3v) is 12.7. The van der Waals surface area contributed by atoms with Crippen LogP contribution < -0.4 is 0 Å². The Morgan fingerprint density at radius 1 is 0.951 bits per heavy atom. The first-order chi connectivity index (χ1) is 19.1. The van der Waals surface area contributed by atoms with Crippen LogP contribution >= 0.6 is 0 Å². The number of carbonyl (C=O) groups is 2. The number of ether oxygens (including phenoxy) is 4. The fraction of sp³-hybridized carbons (Fsp3) is 0.771. The van der Waals surface area contributed by atoms with E-state index in [9.17, 15) is 9.59 Å². The van der Waals surface area contributed by atoms with Crippen LogP contribution in [0, 0.1) is 39.4 Å². The quantitative estimate of drug-likeness (QED) is 0.255. The minimum atomic E-state index is -0.312. The molecule has 0 spiro atoms. The molecule has 0 bridgehead atoms. The number of allylic oxidation sites excluding steroid dienone is 3. The summed E-state index contributed by atoms with van der Waals surface area (Å²) in [6.45, 7) is 19.2. The van der Waals surface area contributed by atoms with Gasteiger partial charge < -0.3 is 18.9 Å². The Balaban J connectivity index is 1.54. The highest BCUT2D eigenvalue weighted by Crippen LogP contribution is 2.72. The van der Waals surface area contributed by atoms with Crippen LogP contribution in [0.2, 0.25) is 0 Å². The van der Waals surface area contributed by atoms with Crippen molar-refractivity contribution in [3.05, 3.63) is 34.9 Å². The second-order valence-electron chi connectivity index (χ2n) is 14.9. The van der Waals surface area contributed by atoms with Crippen molar-refractivity contribution in [3.63, 3.8) is 0 Å². The van der Waals surface area contributed by atoms with E-state index in [0.29, 0.717) is 11.8 Å². The Labute approximate surface area is 247 Å². The van der Waals surface area contributed by atoms with Crippen LogP contribution in [0.1, 0.15) is 101 Å². The molecule has 1 heterocycles. The summed E-state index contributed by atoms with van der Waals surface area (Å²) in [6.07, 6.45) is 12.1. The van der Waals surface area contributed by atoms with Crippen LogP contribution in [0.5, 0.6) is 0 Å². The highest BCUT2D eigenvalue weighted by Gasteiger charge is 2.68. The van der Waals surface area contributed by atoms with Crippen LogP contribution in [0.15, 0.2) is 34.9 Å². The molecule has 4 aliphatic carbocycles. The van der Waals surface area contributed by atoms with Crippen LogP contribution in [0.25, 0.3) is 0 Å². The number of methoxy groups -OCH3 is 1. The van der Waals surface area contributed by atoms with Gasteiger partial charge in [0.25, 0.3) is 0 Å². The van der Waals surface area contributed by atoms with Crippen molar-refractivity contribution in [2.45, 2.75) is 125 Å². The van der Waals surface area contributed by atoms with E-state index in [2.05, 4.69) is 66.7 Å². The number of hydrogen-bond acceptors (Lipinski definition) is 6. The highest BCUT2D eigenvalue weighted by molar-refractivity contribution is 5.67. The summed E-state index contributed by atoms with van der Waals surface area (Å²) in [4.78, 5) is 24.5. The summed E-state index contributed by atoms with van der Waals surface area (Å²) in [5, 5.41) is 0. The van der Waals surface area contributed by atoms with Crippen LogP contribution in [-0.2, 0) is 28.5 Å². The van der Waals surface area contributed by atoms with Gasteiger partial charge in [-0.15, -0.1) is 0 Å². The molecule has 1 aliphatic heterocycles. The topological polar surface area (TPSA) is 71.1 Å². The summed E-state index contributed by atoms with van der Waals surface area (Å²) in [7, 11) is 1.71. The Kier molecular flexibility index (Phi) is 7.72. The van der Waals surface area contributed by atoms with Crippen molar-refractivity contribution < 1.29 is 28.5 Å². The molecule has 5 rings (SSSR count). The Bertz CT molecular complexity index is 1180. The molecular formula is C35H52O6. The minimum absolute atomic E-state index is 0.0282. The van der Waals surface area contributed by atoms with Crippen LogP contribution in [0.4, 0.5) is 0 Å². The van der Waals surface area contributed by atoms with Gasteiger partial charge in [0.2, 0.25) is 0 Å². The molecule has 0 radical (unpaired) electrons. The van der Waals surface area contributed by atoms with Crippen molar-refractivity contribution in [1.82, 2.24) is 0 Å². The molecule has 0 amide bonds. The molecule has 6 heteroatoms. The zero-order valence-corrected chi connectivity index (χ0v) is 27.0. The van der Waals surface area contributed by atoms with E-state index in [1.165, 1.54) is 18.1 Å². The molecule has 2 saturated carbocycles. The lowest BCUT2D eigenvalue weighted by molar-refractivity contribution is -0.166. The molecule has 10 atom stereocenters. The summed E-state index contributed by atoms with van der Waals surface area (Å²) < 4.78 is 24.2. The van der Waals surface area contributed by atoms with E-state index in [1.807, 2.05) is 0 Å². The number of fused-ring (bicyclic) bond motifs is 5. The average Bonchev–Trinajstić information content (AvgIpc) is 3.12. The van der Waals surface area contributed by atoms with Gasteiger partial charge in [0, 0.05) is 31.8 Å². The third-order valence-electron chi connectivity index (χ3n) is 12.7. The van der Waals surface area contributed by atoms with Gasteiger partial charge in [0.1, 0.15) is 12.2 Å². The molecule has 0 aromatic heterocycles. The predicted octanol–water partition coefficient (Wildman–Crippen LogP) is 7.33.